The van der Waals surface area contributed by atoms with E-state index < -0.39 is 4.92 Å². The number of nitrogens with one attached hydrogen (secondary N) is 1. The first kappa shape index (κ1) is 18.7. The van der Waals surface area contributed by atoms with Gasteiger partial charge in [-0.25, -0.2) is 0 Å². The summed E-state index contributed by atoms with van der Waals surface area (Å²) >= 11 is 4.40. The molecule has 1 aromatic heterocycles. The molecule has 0 fully saturated rings. The van der Waals surface area contributed by atoms with Crippen LogP contribution < -0.4 is 5.32 Å². The number of non-ortho nitro benzene ring substituents is 1. The van der Waals surface area contributed by atoms with Gasteiger partial charge in [0.25, 0.3) is 5.69 Å². The van der Waals surface area contributed by atoms with Crippen molar-refractivity contribution in [2.75, 3.05) is 11.1 Å². The van der Waals surface area contributed by atoms with E-state index in [1.54, 1.807) is 23.9 Å². The molecule has 1 heterocycles. The molecule has 10 heteroatoms. The minimum atomic E-state index is -0.432. The van der Waals surface area contributed by atoms with Gasteiger partial charge < -0.3 is 0 Å². The van der Waals surface area contributed by atoms with E-state index in [0.717, 1.165) is 9.90 Å². The summed E-state index contributed by atoms with van der Waals surface area (Å²) in [5.74, 6) is 0.748. The molecule has 128 valence electrons. The number of aromatic nitrogens is 2. The fourth-order valence-electron chi connectivity index (χ4n) is 1.64. The summed E-state index contributed by atoms with van der Waals surface area (Å²) in [5.41, 5.74) is 0.998. The lowest BCUT2D eigenvalue weighted by molar-refractivity contribution is -0.384. The largest absolute Gasteiger partial charge is 0.300 e. The van der Waals surface area contributed by atoms with Gasteiger partial charge in [0.15, 0.2) is 4.34 Å². The van der Waals surface area contributed by atoms with Gasteiger partial charge >= 0.3 is 0 Å². The smallest absolute Gasteiger partial charge is 0.269 e. The molecule has 0 aliphatic carbocycles. The molecule has 0 saturated heterocycles. The van der Waals surface area contributed by atoms with E-state index in [9.17, 15) is 14.9 Å². The van der Waals surface area contributed by atoms with Gasteiger partial charge in [0.05, 0.1) is 10.7 Å². The van der Waals surface area contributed by atoms with E-state index in [1.165, 1.54) is 35.2 Å². The summed E-state index contributed by atoms with van der Waals surface area (Å²) in [6.07, 6.45) is 0. The average molecular weight is 385 g/mol. The quantitative estimate of drug-likeness (QED) is 0.320. The lowest BCUT2D eigenvalue weighted by atomic mass is 10.2. The second kappa shape index (κ2) is 9.00. The minimum absolute atomic E-state index is 0.0628. The fraction of sp³-hybridized carbons (Fsp3) is 0.357. The topological polar surface area (TPSA) is 98.0 Å². The molecule has 2 aromatic rings. The number of nitro groups is 1. The Morgan fingerprint density at radius 1 is 1.33 bits per heavy atom. The molecule has 1 amide bonds. The van der Waals surface area contributed by atoms with Crippen molar-refractivity contribution in [3.05, 3.63) is 39.9 Å². The van der Waals surface area contributed by atoms with Crippen molar-refractivity contribution in [1.29, 1.82) is 0 Å². The number of thioether (sulfide) groups is 2. The summed E-state index contributed by atoms with van der Waals surface area (Å²) in [7, 11) is 0. The normalized spacial score (nSPS) is 10.8. The van der Waals surface area contributed by atoms with Crippen molar-refractivity contribution in [2.45, 2.75) is 29.2 Å². The maximum absolute atomic E-state index is 11.9. The van der Waals surface area contributed by atoms with E-state index in [1.807, 2.05) is 0 Å². The first-order chi connectivity index (χ1) is 11.4. The van der Waals surface area contributed by atoms with Gasteiger partial charge in [-0.05, 0) is 5.56 Å². The number of nitro benzene ring substituents is 1. The molecule has 0 aliphatic rings. The number of rotatable bonds is 8. The zero-order chi connectivity index (χ0) is 17.5. The van der Waals surface area contributed by atoms with Crippen molar-refractivity contribution >= 4 is 51.6 Å². The fourth-order valence-corrected chi connectivity index (χ4v) is 4.42. The number of carbonyl (C=O) groups excluding carboxylic acids is 1. The average Bonchev–Trinajstić information content (AvgIpc) is 2.93. The Kier molecular flexibility index (Phi) is 7.00. The highest BCUT2D eigenvalue weighted by molar-refractivity contribution is 8.01. The van der Waals surface area contributed by atoms with Crippen LogP contribution in [0.25, 0.3) is 0 Å². The maximum atomic E-state index is 11.9. The summed E-state index contributed by atoms with van der Waals surface area (Å²) in [6, 6.07) is 6.32. The number of hydrogen-bond donors (Lipinski definition) is 1. The predicted molar refractivity (Wildman–Crippen MR) is 98.8 cm³/mol. The van der Waals surface area contributed by atoms with Gasteiger partial charge in [-0.1, -0.05) is 49.1 Å². The molecule has 24 heavy (non-hydrogen) atoms. The van der Waals surface area contributed by atoms with Crippen molar-refractivity contribution in [2.24, 2.45) is 0 Å². The summed E-state index contributed by atoms with van der Waals surface area (Å²) in [5, 5.41) is 22.2. The molecule has 1 N–H and O–H groups in total. The SMILES string of the molecule is CC(C)Sc1nnc(NC(=O)CSCc2ccc([N+](=O)[O-])cc2)s1. The molecule has 0 spiro atoms. The standard InChI is InChI=1S/C14H16N4O3S3/c1-9(2)23-14-17-16-13(24-14)15-12(19)8-22-7-10-3-5-11(6-4-10)18(20)21/h3-6,9H,7-8H2,1-2H3,(H,15,16,19). The van der Waals surface area contributed by atoms with Gasteiger partial charge in [0.2, 0.25) is 11.0 Å². The van der Waals surface area contributed by atoms with Crippen LogP contribution in [0.2, 0.25) is 0 Å². The molecule has 7 nitrogen and oxygen atoms in total. The van der Waals surface area contributed by atoms with Gasteiger partial charge in [-0.2, -0.15) is 0 Å². The van der Waals surface area contributed by atoms with Crippen LogP contribution in [-0.2, 0) is 10.5 Å². The third kappa shape index (κ3) is 6.10. The van der Waals surface area contributed by atoms with Gasteiger partial charge in [0, 0.05) is 23.1 Å². The van der Waals surface area contributed by atoms with Crippen LogP contribution in [0, 0.1) is 10.1 Å². The van der Waals surface area contributed by atoms with Crippen LogP contribution in [-0.4, -0.2) is 32.0 Å². The van der Waals surface area contributed by atoms with E-state index in [0.29, 0.717) is 16.1 Å². The van der Waals surface area contributed by atoms with Crippen LogP contribution in [0.1, 0.15) is 19.4 Å². The third-order valence-corrected chi connectivity index (χ3v) is 5.57. The van der Waals surface area contributed by atoms with Gasteiger partial charge in [0.1, 0.15) is 0 Å². The first-order valence-corrected chi connectivity index (χ1v) is 9.90. The highest BCUT2D eigenvalue weighted by Gasteiger charge is 2.10. The Morgan fingerprint density at radius 2 is 2.04 bits per heavy atom. The highest BCUT2D eigenvalue weighted by Crippen LogP contribution is 2.28. The van der Waals surface area contributed by atoms with E-state index in [-0.39, 0.29) is 17.3 Å². The molecule has 0 atom stereocenters. The van der Waals surface area contributed by atoms with Crippen LogP contribution in [0.3, 0.4) is 0 Å². The number of anilines is 1. The Bertz CT molecular complexity index is 704. The van der Waals surface area contributed by atoms with Crippen LogP contribution in [0.15, 0.2) is 28.6 Å². The molecule has 1 aromatic carbocycles. The second-order valence-corrected chi connectivity index (χ2v) is 8.79. The minimum Gasteiger partial charge on any atom is -0.300 e. The van der Waals surface area contributed by atoms with Gasteiger partial charge in [-0.3, -0.25) is 20.2 Å². The van der Waals surface area contributed by atoms with Gasteiger partial charge in [-0.15, -0.1) is 22.0 Å². The zero-order valence-electron chi connectivity index (χ0n) is 13.1. The Hall–Kier alpha value is -1.65. The maximum Gasteiger partial charge on any atom is 0.269 e. The molecule has 0 saturated carbocycles. The Morgan fingerprint density at radius 3 is 2.67 bits per heavy atom. The molecular formula is C14H16N4O3S3. The molecule has 0 bridgehead atoms. The van der Waals surface area contributed by atoms with Crippen molar-refractivity contribution in [3.63, 3.8) is 0 Å². The summed E-state index contributed by atoms with van der Waals surface area (Å²) < 4.78 is 0.832. The number of amides is 1. The van der Waals surface area contributed by atoms with Crippen molar-refractivity contribution in [1.82, 2.24) is 10.2 Å². The predicted octanol–water partition coefficient (Wildman–Crippen LogP) is 3.82. The Labute approximate surface area is 151 Å². The van der Waals surface area contributed by atoms with E-state index in [4.69, 9.17) is 0 Å². The monoisotopic (exact) mass is 384 g/mol. The van der Waals surface area contributed by atoms with Crippen LogP contribution in [0.4, 0.5) is 10.8 Å². The second-order valence-electron chi connectivity index (χ2n) is 5.00. The summed E-state index contributed by atoms with van der Waals surface area (Å²) in [6.45, 7) is 4.14. The lowest BCUT2D eigenvalue weighted by Crippen LogP contribution is -2.13. The lowest BCUT2D eigenvalue weighted by Gasteiger charge is -2.02. The van der Waals surface area contributed by atoms with Crippen LogP contribution in [0.5, 0.6) is 0 Å². The molecule has 0 aliphatic heterocycles. The molecule has 2 rings (SSSR count). The number of benzene rings is 1. The number of hydrogen-bond acceptors (Lipinski definition) is 8. The molecule has 0 unspecified atom stereocenters. The highest BCUT2D eigenvalue weighted by atomic mass is 32.2. The number of carbonyl (C=O) groups is 1. The molecular weight excluding hydrogens is 368 g/mol. The van der Waals surface area contributed by atoms with E-state index in [2.05, 4.69) is 29.4 Å². The Balaban J connectivity index is 1.74. The van der Waals surface area contributed by atoms with Crippen molar-refractivity contribution in [3.8, 4) is 0 Å². The van der Waals surface area contributed by atoms with E-state index >= 15 is 0 Å². The van der Waals surface area contributed by atoms with Crippen LogP contribution >= 0.6 is 34.9 Å². The van der Waals surface area contributed by atoms with Crippen molar-refractivity contribution < 1.29 is 9.72 Å². The first-order valence-electron chi connectivity index (χ1n) is 7.05. The number of nitrogens with zero attached hydrogens (tertiary/aromatic N) is 3. The summed E-state index contributed by atoms with van der Waals surface area (Å²) in [4.78, 5) is 22.0. The third-order valence-electron chi connectivity index (χ3n) is 2.64. The molecule has 0 radical (unpaired) electrons. The zero-order valence-corrected chi connectivity index (χ0v) is 15.5.